The molecular formula is C9H10INO. The molecule has 0 radical (unpaired) electrons. The van der Waals surface area contributed by atoms with Crippen molar-refractivity contribution in [1.29, 1.82) is 0 Å². The molecule has 2 nitrogen and oxygen atoms in total. The summed E-state index contributed by atoms with van der Waals surface area (Å²) in [6, 6.07) is 3.63. The van der Waals surface area contributed by atoms with E-state index in [2.05, 4.69) is 22.6 Å². The minimum atomic E-state index is -0.365. The molecule has 0 aliphatic rings. The minimum Gasteiger partial charge on any atom is -0.366 e. The summed E-state index contributed by atoms with van der Waals surface area (Å²) in [6.45, 7) is 4.01. The lowest BCUT2D eigenvalue weighted by Crippen LogP contribution is -2.11. The number of halogens is 1. The number of carbonyl (C=O) groups excluding carboxylic acids is 1. The largest absolute Gasteiger partial charge is 0.366 e. The first-order chi connectivity index (χ1) is 5.52. The summed E-state index contributed by atoms with van der Waals surface area (Å²) >= 11 is 2.20. The third-order valence-electron chi connectivity index (χ3n) is 1.89. The summed E-state index contributed by atoms with van der Waals surface area (Å²) in [5.74, 6) is -0.365. The van der Waals surface area contributed by atoms with Gasteiger partial charge < -0.3 is 5.73 Å². The maximum Gasteiger partial charge on any atom is 0.248 e. The van der Waals surface area contributed by atoms with Gasteiger partial charge >= 0.3 is 0 Å². The summed E-state index contributed by atoms with van der Waals surface area (Å²) in [7, 11) is 0. The highest BCUT2D eigenvalue weighted by Crippen LogP contribution is 2.17. The molecule has 1 aromatic rings. The van der Waals surface area contributed by atoms with Gasteiger partial charge in [-0.1, -0.05) is 0 Å². The van der Waals surface area contributed by atoms with Crippen LogP contribution in [0.2, 0.25) is 0 Å². The Bertz CT molecular complexity index is 310. The Labute approximate surface area is 85.3 Å². The molecule has 0 saturated heterocycles. The van der Waals surface area contributed by atoms with Crippen LogP contribution in [0.5, 0.6) is 0 Å². The number of aryl methyl sites for hydroxylation is 1. The average Bonchev–Trinajstić information content (AvgIpc) is 1.99. The summed E-state index contributed by atoms with van der Waals surface area (Å²) in [6.07, 6.45) is 0. The second-order valence-corrected chi connectivity index (χ2v) is 3.93. The fourth-order valence-electron chi connectivity index (χ4n) is 0.959. The van der Waals surface area contributed by atoms with Crippen molar-refractivity contribution in [3.8, 4) is 0 Å². The van der Waals surface area contributed by atoms with Crippen molar-refractivity contribution in [2.24, 2.45) is 5.73 Å². The number of nitrogens with two attached hydrogens (primary N) is 1. The summed E-state index contributed by atoms with van der Waals surface area (Å²) in [4.78, 5) is 10.8. The monoisotopic (exact) mass is 275 g/mol. The lowest BCUT2D eigenvalue weighted by Gasteiger charge is -2.04. The molecule has 2 N–H and O–H groups in total. The van der Waals surface area contributed by atoms with Gasteiger partial charge in [0.2, 0.25) is 5.91 Å². The van der Waals surface area contributed by atoms with E-state index in [4.69, 9.17) is 5.73 Å². The Morgan fingerprint density at radius 2 is 2.00 bits per heavy atom. The normalized spacial score (nSPS) is 9.92. The zero-order valence-corrected chi connectivity index (χ0v) is 9.18. The van der Waals surface area contributed by atoms with Crippen LogP contribution in [0.4, 0.5) is 0 Å². The molecule has 0 aromatic heterocycles. The van der Waals surface area contributed by atoms with Gasteiger partial charge in [0.25, 0.3) is 0 Å². The highest BCUT2D eigenvalue weighted by atomic mass is 127. The van der Waals surface area contributed by atoms with Crippen molar-refractivity contribution in [3.63, 3.8) is 0 Å². The average molecular weight is 275 g/mol. The van der Waals surface area contributed by atoms with Crippen LogP contribution < -0.4 is 5.73 Å². The Kier molecular flexibility index (Phi) is 2.72. The summed E-state index contributed by atoms with van der Waals surface area (Å²) in [5.41, 5.74) is 8.06. The smallest absolute Gasteiger partial charge is 0.248 e. The van der Waals surface area contributed by atoms with E-state index in [1.807, 2.05) is 26.0 Å². The number of carbonyl (C=O) groups is 1. The Balaban J connectivity index is 3.31. The van der Waals surface area contributed by atoms with Crippen LogP contribution in [0.1, 0.15) is 21.5 Å². The van der Waals surface area contributed by atoms with Crippen molar-refractivity contribution in [2.45, 2.75) is 13.8 Å². The molecule has 12 heavy (non-hydrogen) atoms. The van der Waals surface area contributed by atoms with Crippen LogP contribution in [0, 0.1) is 17.4 Å². The third-order valence-corrected chi connectivity index (χ3v) is 3.01. The van der Waals surface area contributed by atoms with Crippen molar-refractivity contribution in [2.75, 3.05) is 0 Å². The van der Waals surface area contributed by atoms with Crippen molar-refractivity contribution >= 4 is 28.5 Å². The molecule has 0 heterocycles. The Hall–Kier alpha value is -0.580. The van der Waals surface area contributed by atoms with Gasteiger partial charge in [-0.15, -0.1) is 0 Å². The van der Waals surface area contributed by atoms with Crippen LogP contribution in [0.3, 0.4) is 0 Å². The first-order valence-electron chi connectivity index (χ1n) is 3.59. The Morgan fingerprint density at radius 1 is 1.42 bits per heavy atom. The predicted octanol–water partition coefficient (Wildman–Crippen LogP) is 2.01. The molecule has 0 aliphatic carbocycles. The Morgan fingerprint density at radius 3 is 2.42 bits per heavy atom. The van der Waals surface area contributed by atoms with Crippen molar-refractivity contribution in [1.82, 2.24) is 0 Å². The maximum atomic E-state index is 10.8. The molecule has 1 rings (SSSR count). The molecule has 0 bridgehead atoms. The molecule has 64 valence electrons. The van der Waals surface area contributed by atoms with Gasteiger partial charge in [-0.2, -0.15) is 0 Å². The van der Waals surface area contributed by atoms with E-state index < -0.39 is 0 Å². The number of rotatable bonds is 1. The standard InChI is InChI=1S/C9H10INO/c1-5-3-7(9(11)12)4-8(10)6(5)2/h3-4H,1-2H3,(H2,11,12). The van der Waals surface area contributed by atoms with Gasteiger partial charge in [-0.25, -0.2) is 0 Å². The lowest BCUT2D eigenvalue weighted by molar-refractivity contribution is 0.1000. The van der Waals surface area contributed by atoms with E-state index in [-0.39, 0.29) is 5.91 Å². The van der Waals surface area contributed by atoms with Gasteiger partial charge in [-0.05, 0) is 59.7 Å². The summed E-state index contributed by atoms with van der Waals surface area (Å²) in [5, 5.41) is 0. The van der Waals surface area contributed by atoms with Crippen molar-refractivity contribution in [3.05, 3.63) is 32.4 Å². The second-order valence-electron chi connectivity index (χ2n) is 2.76. The van der Waals surface area contributed by atoms with E-state index >= 15 is 0 Å². The number of hydrogen-bond acceptors (Lipinski definition) is 1. The molecule has 1 amide bonds. The van der Waals surface area contributed by atoms with Gasteiger partial charge in [0.05, 0.1) is 0 Å². The molecule has 0 aliphatic heterocycles. The van der Waals surface area contributed by atoms with Gasteiger partial charge in [0.1, 0.15) is 0 Å². The molecule has 1 aromatic carbocycles. The van der Waals surface area contributed by atoms with E-state index in [9.17, 15) is 4.79 Å². The molecule has 0 atom stereocenters. The zero-order chi connectivity index (χ0) is 9.30. The number of primary amides is 1. The van der Waals surface area contributed by atoms with Crippen LogP contribution in [-0.2, 0) is 0 Å². The maximum absolute atomic E-state index is 10.8. The molecular weight excluding hydrogens is 265 g/mol. The fraction of sp³-hybridized carbons (Fsp3) is 0.222. The third kappa shape index (κ3) is 1.77. The molecule has 0 fully saturated rings. The van der Waals surface area contributed by atoms with E-state index in [0.717, 1.165) is 9.13 Å². The van der Waals surface area contributed by atoms with Gasteiger partial charge in [0, 0.05) is 9.13 Å². The second kappa shape index (κ2) is 3.43. The highest BCUT2D eigenvalue weighted by Gasteiger charge is 2.05. The van der Waals surface area contributed by atoms with Gasteiger partial charge in [0.15, 0.2) is 0 Å². The SMILES string of the molecule is Cc1cc(C(N)=O)cc(I)c1C. The lowest BCUT2D eigenvalue weighted by atomic mass is 10.1. The molecule has 3 heteroatoms. The number of amides is 1. The first kappa shape index (κ1) is 9.51. The van der Waals surface area contributed by atoms with Crippen LogP contribution in [0.25, 0.3) is 0 Å². The van der Waals surface area contributed by atoms with Crippen LogP contribution >= 0.6 is 22.6 Å². The van der Waals surface area contributed by atoms with E-state index in [1.54, 1.807) is 0 Å². The van der Waals surface area contributed by atoms with E-state index in [1.165, 1.54) is 5.56 Å². The highest BCUT2D eigenvalue weighted by molar-refractivity contribution is 14.1. The van der Waals surface area contributed by atoms with Crippen molar-refractivity contribution < 1.29 is 4.79 Å². The number of hydrogen-bond donors (Lipinski definition) is 1. The van der Waals surface area contributed by atoms with Gasteiger partial charge in [-0.3, -0.25) is 4.79 Å². The molecule has 0 spiro atoms. The number of benzene rings is 1. The molecule has 0 saturated carbocycles. The fourth-order valence-corrected chi connectivity index (χ4v) is 1.72. The quantitative estimate of drug-likeness (QED) is 0.783. The predicted molar refractivity (Wildman–Crippen MR) is 57.2 cm³/mol. The van der Waals surface area contributed by atoms with E-state index in [0.29, 0.717) is 5.56 Å². The first-order valence-corrected chi connectivity index (χ1v) is 4.67. The topological polar surface area (TPSA) is 43.1 Å². The zero-order valence-electron chi connectivity index (χ0n) is 7.02. The summed E-state index contributed by atoms with van der Waals surface area (Å²) < 4.78 is 1.08. The van der Waals surface area contributed by atoms with Crippen LogP contribution in [0.15, 0.2) is 12.1 Å². The molecule has 0 unspecified atom stereocenters. The van der Waals surface area contributed by atoms with Crippen LogP contribution in [-0.4, -0.2) is 5.91 Å². The minimum absolute atomic E-state index is 0.365.